The monoisotopic (exact) mass is 434 g/mol. The van der Waals surface area contributed by atoms with Crippen molar-refractivity contribution in [2.75, 3.05) is 6.54 Å². The molecule has 1 heterocycles. The van der Waals surface area contributed by atoms with E-state index in [4.69, 9.17) is 10.2 Å². The van der Waals surface area contributed by atoms with Crippen molar-refractivity contribution in [1.82, 2.24) is 9.88 Å². The normalized spacial score (nSPS) is 11.5. The Labute approximate surface area is 184 Å². The van der Waals surface area contributed by atoms with Crippen LogP contribution >= 0.6 is 0 Å². The molecule has 0 spiro atoms. The van der Waals surface area contributed by atoms with Gasteiger partial charge in [-0.15, -0.1) is 0 Å². The van der Waals surface area contributed by atoms with Gasteiger partial charge in [0, 0.05) is 25.7 Å². The largest absolute Gasteiger partial charge is 0.479 e. The van der Waals surface area contributed by atoms with E-state index in [9.17, 15) is 19.5 Å². The molecule has 0 bridgehead atoms. The van der Waals surface area contributed by atoms with Gasteiger partial charge in [0.25, 0.3) is 5.91 Å². The highest BCUT2D eigenvalue weighted by Gasteiger charge is 2.21. The average Bonchev–Trinajstić information content (AvgIpc) is 2.82. The summed E-state index contributed by atoms with van der Waals surface area (Å²) in [5, 5.41) is 27.6. The molecule has 3 aromatic rings. The number of carbonyl (C=O) groups is 3. The van der Waals surface area contributed by atoms with Gasteiger partial charge in [-0.05, 0) is 28.8 Å². The number of carboxylic acids is 2. The van der Waals surface area contributed by atoms with E-state index < -0.39 is 23.9 Å². The second-order valence-corrected chi connectivity index (χ2v) is 7.17. The van der Waals surface area contributed by atoms with Crippen LogP contribution in [0.1, 0.15) is 32.8 Å². The molecule has 0 radical (unpaired) electrons. The maximum absolute atomic E-state index is 13.0. The van der Waals surface area contributed by atoms with Crippen molar-refractivity contribution in [1.29, 1.82) is 0 Å². The highest BCUT2D eigenvalue weighted by molar-refractivity contribution is 5.95. The Balaban J connectivity index is 1.79. The number of carboxylic acid groups (broad SMARTS) is 2. The van der Waals surface area contributed by atoms with Gasteiger partial charge in [-0.3, -0.25) is 4.79 Å². The van der Waals surface area contributed by atoms with Gasteiger partial charge in [-0.1, -0.05) is 54.6 Å². The fraction of sp³-hybridized carbons (Fsp3) is 0.167. The predicted molar refractivity (Wildman–Crippen MR) is 116 cm³/mol. The Hall–Kier alpha value is -4.04. The first kappa shape index (κ1) is 22.6. The zero-order valence-electron chi connectivity index (χ0n) is 17.1. The van der Waals surface area contributed by atoms with Gasteiger partial charge in [-0.2, -0.15) is 0 Å². The summed E-state index contributed by atoms with van der Waals surface area (Å²) in [6, 6.07) is 20.0. The number of amides is 1. The molecule has 2 aromatic carbocycles. The number of hydrogen-bond acceptors (Lipinski definition) is 5. The molecule has 0 aliphatic carbocycles. The first-order chi connectivity index (χ1) is 15.3. The fourth-order valence-corrected chi connectivity index (χ4v) is 3.14. The summed E-state index contributed by atoms with van der Waals surface area (Å²) in [5.74, 6) is -3.01. The number of aliphatic hydroxyl groups is 1. The minimum atomic E-state index is -1.60. The van der Waals surface area contributed by atoms with Crippen LogP contribution in [0.2, 0.25) is 0 Å². The molecule has 0 unspecified atom stereocenters. The topological polar surface area (TPSA) is 128 Å². The number of rotatable bonds is 9. The van der Waals surface area contributed by atoms with E-state index in [-0.39, 0.29) is 30.8 Å². The third-order valence-corrected chi connectivity index (χ3v) is 4.91. The molecule has 1 amide bonds. The highest BCUT2D eigenvalue weighted by atomic mass is 16.4. The third kappa shape index (κ3) is 5.77. The van der Waals surface area contributed by atoms with Gasteiger partial charge in [0.15, 0.2) is 6.10 Å². The zero-order chi connectivity index (χ0) is 23.1. The lowest BCUT2D eigenvalue weighted by molar-refractivity contribution is -0.147. The minimum absolute atomic E-state index is 0.00653. The van der Waals surface area contributed by atoms with Crippen LogP contribution in [-0.4, -0.2) is 55.7 Å². The number of nitrogens with zero attached hydrogens (tertiary/aromatic N) is 2. The number of hydrogen-bond donors (Lipinski definition) is 3. The maximum Gasteiger partial charge on any atom is 0.354 e. The molecule has 8 heteroatoms. The van der Waals surface area contributed by atoms with Crippen LogP contribution in [0.5, 0.6) is 0 Å². The number of aromatic carboxylic acids is 1. The molecular weight excluding hydrogens is 412 g/mol. The van der Waals surface area contributed by atoms with Crippen molar-refractivity contribution in [3.8, 4) is 11.1 Å². The summed E-state index contributed by atoms with van der Waals surface area (Å²) in [4.78, 5) is 40.1. The second kappa shape index (κ2) is 10.3. The molecule has 1 atom stereocenters. The molecule has 32 heavy (non-hydrogen) atoms. The quantitative estimate of drug-likeness (QED) is 0.472. The molecule has 0 fully saturated rings. The Bertz CT molecular complexity index is 1080. The van der Waals surface area contributed by atoms with Gasteiger partial charge in [-0.25, -0.2) is 14.6 Å². The van der Waals surface area contributed by atoms with Crippen LogP contribution in [0.25, 0.3) is 11.1 Å². The molecule has 0 aliphatic rings. The van der Waals surface area contributed by atoms with Gasteiger partial charge >= 0.3 is 11.9 Å². The molecule has 164 valence electrons. The average molecular weight is 434 g/mol. The summed E-state index contributed by atoms with van der Waals surface area (Å²) in [6.45, 7) is 0.175. The van der Waals surface area contributed by atoms with Crippen molar-refractivity contribution in [2.45, 2.75) is 19.1 Å². The van der Waals surface area contributed by atoms with E-state index in [1.165, 1.54) is 23.2 Å². The van der Waals surface area contributed by atoms with E-state index in [0.717, 1.165) is 16.7 Å². The highest BCUT2D eigenvalue weighted by Crippen LogP contribution is 2.20. The number of aliphatic carboxylic acids is 1. The predicted octanol–water partition coefficient (Wildman–Crippen LogP) is 2.92. The van der Waals surface area contributed by atoms with Crippen LogP contribution < -0.4 is 0 Å². The molecule has 8 nitrogen and oxygen atoms in total. The van der Waals surface area contributed by atoms with Crippen LogP contribution in [0.15, 0.2) is 72.9 Å². The molecule has 3 rings (SSSR count). The number of aromatic nitrogens is 1. The lowest BCUT2D eigenvalue weighted by atomic mass is 10.0. The van der Waals surface area contributed by atoms with Crippen molar-refractivity contribution >= 4 is 17.8 Å². The van der Waals surface area contributed by atoms with E-state index in [2.05, 4.69) is 4.98 Å². The summed E-state index contributed by atoms with van der Waals surface area (Å²) in [7, 11) is 0. The Morgan fingerprint density at radius 2 is 1.53 bits per heavy atom. The van der Waals surface area contributed by atoms with E-state index in [0.29, 0.717) is 0 Å². The summed E-state index contributed by atoms with van der Waals surface area (Å²) >= 11 is 0. The number of carbonyl (C=O) groups excluding carboxylic acids is 1. The number of benzene rings is 2. The lowest BCUT2D eigenvalue weighted by Gasteiger charge is -2.24. The molecule has 1 aromatic heterocycles. The molecule has 0 aliphatic heterocycles. The third-order valence-electron chi connectivity index (χ3n) is 4.91. The number of pyridine rings is 1. The van der Waals surface area contributed by atoms with E-state index >= 15 is 0 Å². The van der Waals surface area contributed by atoms with Crippen molar-refractivity contribution in [3.05, 3.63) is 89.7 Å². The van der Waals surface area contributed by atoms with Crippen LogP contribution in [-0.2, 0) is 11.3 Å². The Morgan fingerprint density at radius 3 is 2.09 bits per heavy atom. The molecular formula is C24H22N2O6. The second-order valence-electron chi connectivity index (χ2n) is 7.17. The number of aliphatic hydroxyl groups excluding tert-OH is 1. The van der Waals surface area contributed by atoms with Gasteiger partial charge in [0.2, 0.25) is 0 Å². The smallest absolute Gasteiger partial charge is 0.354 e. The van der Waals surface area contributed by atoms with Gasteiger partial charge < -0.3 is 20.2 Å². The molecule has 0 saturated heterocycles. The zero-order valence-corrected chi connectivity index (χ0v) is 17.1. The molecule has 3 N–H and O–H groups in total. The van der Waals surface area contributed by atoms with Gasteiger partial charge in [0.05, 0.1) is 5.56 Å². The SMILES string of the molecule is O=C(O)c1ccc(C(=O)N(CC[C@@H](O)C(=O)O)Cc2ccc(-c3ccccc3)cc2)cn1. The summed E-state index contributed by atoms with van der Waals surface area (Å²) < 4.78 is 0. The lowest BCUT2D eigenvalue weighted by Crippen LogP contribution is -2.34. The van der Waals surface area contributed by atoms with Crippen LogP contribution in [0.4, 0.5) is 0 Å². The van der Waals surface area contributed by atoms with Crippen molar-refractivity contribution in [3.63, 3.8) is 0 Å². The first-order valence-corrected chi connectivity index (χ1v) is 9.89. The van der Waals surface area contributed by atoms with E-state index in [1.807, 2.05) is 54.6 Å². The fourth-order valence-electron chi connectivity index (χ4n) is 3.14. The Morgan fingerprint density at radius 1 is 0.875 bits per heavy atom. The van der Waals surface area contributed by atoms with Crippen LogP contribution in [0.3, 0.4) is 0 Å². The van der Waals surface area contributed by atoms with E-state index in [1.54, 1.807) is 0 Å². The summed E-state index contributed by atoms with van der Waals surface area (Å²) in [6.07, 6.45) is -0.576. The molecule has 0 saturated carbocycles. The Kier molecular flexibility index (Phi) is 7.30. The standard InChI is InChI=1S/C24H22N2O6/c27-21(24(31)32)12-13-26(22(28)19-10-11-20(23(29)30)25-14-19)15-16-6-8-18(9-7-16)17-4-2-1-3-5-17/h1-11,14,21,27H,12-13,15H2,(H,29,30)(H,31,32)/t21-/m1/s1. The van der Waals surface area contributed by atoms with Crippen molar-refractivity contribution in [2.24, 2.45) is 0 Å². The van der Waals surface area contributed by atoms with Crippen LogP contribution in [0, 0.1) is 0 Å². The first-order valence-electron chi connectivity index (χ1n) is 9.89. The minimum Gasteiger partial charge on any atom is -0.479 e. The van der Waals surface area contributed by atoms with Crippen molar-refractivity contribution < 1.29 is 29.7 Å². The van der Waals surface area contributed by atoms with Gasteiger partial charge in [0.1, 0.15) is 5.69 Å². The maximum atomic E-state index is 13.0. The summed E-state index contributed by atoms with van der Waals surface area (Å²) in [5.41, 5.74) is 2.87.